The number of alkyl halides is 1. The zero-order chi connectivity index (χ0) is 29.6. The van der Waals surface area contributed by atoms with Gasteiger partial charge in [-0.1, -0.05) is 41.5 Å². The number of ether oxygens (including phenoxy) is 2. The second-order valence-corrected chi connectivity index (χ2v) is 20.3. The third-order valence-corrected chi connectivity index (χ3v) is 16.1. The molecule has 3 aliphatic rings. The highest BCUT2D eigenvalue weighted by Crippen LogP contribution is 2.54. The molecule has 9 atom stereocenters. The van der Waals surface area contributed by atoms with Gasteiger partial charge in [0, 0.05) is 12.3 Å². The Kier molecular flexibility index (Phi) is 10.1. The number of cyclic esters (lactones) is 1. The first-order chi connectivity index (χ1) is 17.8. The van der Waals surface area contributed by atoms with E-state index in [-0.39, 0.29) is 58.4 Å². The van der Waals surface area contributed by atoms with Gasteiger partial charge >= 0.3 is 11.9 Å². The Hall–Kier alpha value is -0.633. The van der Waals surface area contributed by atoms with Crippen LogP contribution in [0, 0.1) is 29.1 Å². The molecule has 0 spiro atoms. The van der Waals surface area contributed by atoms with Gasteiger partial charge < -0.3 is 19.0 Å². The van der Waals surface area contributed by atoms with E-state index in [1.165, 1.54) is 0 Å². The Bertz CT molecular complexity index is 885. The van der Waals surface area contributed by atoms with Crippen LogP contribution in [0.15, 0.2) is 0 Å². The average Bonchev–Trinajstić information content (AvgIpc) is 2.81. The van der Waals surface area contributed by atoms with Crippen molar-refractivity contribution in [1.82, 2.24) is 0 Å². The third-order valence-electron chi connectivity index (χ3n) is 10.8. The van der Waals surface area contributed by atoms with Gasteiger partial charge in [0.25, 0.3) is 0 Å². The summed E-state index contributed by atoms with van der Waals surface area (Å²) in [5, 5.41) is 11.7. The molecule has 1 heterocycles. The maximum atomic E-state index is 13.2. The lowest BCUT2D eigenvalue weighted by Crippen LogP contribution is -2.63. The molecule has 2 aliphatic carbocycles. The number of carbonyl (C=O) groups is 2. The topological polar surface area (TPSA) is 82.1 Å². The SMILES string of the molecule is CCC(C)(C)C(=O)O[C@H]1C[C@@H](C)[C@H](Cl)[C@]2(O)CC[C@H](C)[C@H](CC[C@@H]3C[C@@H](O[Si](C)(C)C(C)(C)C)CC(=O)O3)[C@@H]12. The van der Waals surface area contributed by atoms with Crippen LogP contribution < -0.4 is 0 Å². The first-order valence-electron chi connectivity index (χ1n) is 15.3. The van der Waals surface area contributed by atoms with Crippen molar-refractivity contribution in [3.63, 3.8) is 0 Å². The molecule has 0 amide bonds. The van der Waals surface area contributed by atoms with Crippen molar-refractivity contribution in [3.05, 3.63) is 0 Å². The van der Waals surface area contributed by atoms with Crippen LogP contribution in [0.2, 0.25) is 18.1 Å². The van der Waals surface area contributed by atoms with Crippen molar-refractivity contribution in [3.8, 4) is 0 Å². The number of esters is 2. The summed E-state index contributed by atoms with van der Waals surface area (Å²) in [7, 11) is -2.01. The van der Waals surface area contributed by atoms with Gasteiger partial charge in [-0.15, -0.1) is 11.6 Å². The molecule has 1 saturated heterocycles. The van der Waals surface area contributed by atoms with Gasteiger partial charge in [-0.2, -0.15) is 0 Å². The number of rotatable bonds is 8. The van der Waals surface area contributed by atoms with Crippen LogP contribution in [-0.2, 0) is 23.5 Å². The molecule has 2 saturated carbocycles. The van der Waals surface area contributed by atoms with Crippen molar-refractivity contribution < 1.29 is 28.6 Å². The molecule has 1 N–H and O–H groups in total. The van der Waals surface area contributed by atoms with E-state index >= 15 is 0 Å². The number of aliphatic hydroxyl groups is 1. The lowest BCUT2D eigenvalue weighted by Gasteiger charge is -2.57. The van der Waals surface area contributed by atoms with Gasteiger partial charge in [0.2, 0.25) is 0 Å². The van der Waals surface area contributed by atoms with Crippen molar-refractivity contribution in [2.45, 2.75) is 154 Å². The van der Waals surface area contributed by atoms with Crippen molar-refractivity contribution in [1.29, 1.82) is 0 Å². The summed E-state index contributed by atoms with van der Waals surface area (Å²) in [4.78, 5) is 25.8. The number of carbonyl (C=O) groups excluding carboxylic acids is 2. The smallest absolute Gasteiger partial charge is 0.311 e. The van der Waals surface area contributed by atoms with E-state index in [0.717, 1.165) is 12.8 Å². The Labute approximate surface area is 243 Å². The fraction of sp³-hybridized carbons (Fsp3) is 0.935. The lowest BCUT2D eigenvalue weighted by atomic mass is 9.55. The zero-order valence-electron chi connectivity index (χ0n) is 26.1. The van der Waals surface area contributed by atoms with Crippen LogP contribution in [-0.4, -0.2) is 54.7 Å². The van der Waals surface area contributed by atoms with Gasteiger partial charge in [-0.25, -0.2) is 0 Å². The molecule has 1 aliphatic heterocycles. The first-order valence-corrected chi connectivity index (χ1v) is 18.6. The van der Waals surface area contributed by atoms with Crippen molar-refractivity contribution >= 4 is 31.9 Å². The summed E-state index contributed by atoms with van der Waals surface area (Å²) in [6, 6.07) is 0. The summed E-state index contributed by atoms with van der Waals surface area (Å²) in [6.07, 6.45) is 4.60. The van der Waals surface area contributed by atoms with Crippen molar-refractivity contribution in [2.75, 3.05) is 0 Å². The number of halogens is 1. The van der Waals surface area contributed by atoms with Crippen LogP contribution in [0.1, 0.15) is 107 Å². The summed E-state index contributed by atoms with van der Waals surface area (Å²) >= 11 is 6.93. The molecule has 8 heteroatoms. The molecule has 3 fully saturated rings. The molecule has 0 bridgehead atoms. The van der Waals surface area contributed by atoms with E-state index in [1.807, 2.05) is 20.8 Å². The fourth-order valence-corrected chi connectivity index (χ4v) is 8.44. The maximum Gasteiger partial charge on any atom is 0.311 e. The summed E-state index contributed by atoms with van der Waals surface area (Å²) in [5.74, 6) is -0.149. The number of hydrogen-bond acceptors (Lipinski definition) is 6. The quantitative estimate of drug-likeness (QED) is 0.183. The summed E-state index contributed by atoms with van der Waals surface area (Å²) < 4.78 is 18.7. The summed E-state index contributed by atoms with van der Waals surface area (Å²) in [5.41, 5.74) is -1.67. The molecule has 0 aromatic carbocycles. The standard InChI is InChI=1S/C31H55ClO6Si/c1-11-30(7,8)28(34)37-24-16-20(3)27(32)31(35)15-14-19(2)23(26(24)31)13-12-21-17-22(18-25(33)36-21)38-39(9,10)29(4,5)6/h19-24,26-27,35H,11-18H2,1-10H3/t19-,20+,21+,22+,23-,24-,26-,27-,31-/m0/s1. The molecule has 39 heavy (non-hydrogen) atoms. The zero-order valence-corrected chi connectivity index (χ0v) is 27.9. The molecular formula is C31H55ClO6Si. The van der Waals surface area contributed by atoms with Crippen LogP contribution in [0.5, 0.6) is 0 Å². The summed E-state index contributed by atoms with van der Waals surface area (Å²) in [6.45, 7) is 21.2. The predicted octanol–water partition coefficient (Wildman–Crippen LogP) is 7.25. The average molecular weight is 587 g/mol. The Balaban J connectivity index is 1.79. The van der Waals surface area contributed by atoms with Crippen LogP contribution in [0.3, 0.4) is 0 Å². The van der Waals surface area contributed by atoms with E-state index in [0.29, 0.717) is 44.4 Å². The number of fused-ring (bicyclic) bond motifs is 1. The normalized spacial score (nSPS) is 38.1. The molecular weight excluding hydrogens is 532 g/mol. The van der Waals surface area contributed by atoms with Gasteiger partial charge in [-0.05, 0) is 88.3 Å². The highest BCUT2D eigenvalue weighted by atomic mass is 35.5. The Morgan fingerprint density at radius 3 is 2.36 bits per heavy atom. The fourth-order valence-electron chi connectivity index (χ4n) is 6.72. The minimum atomic E-state index is -2.01. The van der Waals surface area contributed by atoms with E-state index in [4.69, 9.17) is 25.5 Å². The highest BCUT2D eigenvalue weighted by Gasteiger charge is 2.59. The number of hydrogen-bond donors (Lipinski definition) is 1. The minimum Gasteiger partial charge on any atom is -0.462 e. The van der Waals surface area contributed by atoms with Gasteiger partial charge in [0.05, 0.1) is 28.9 Å². The molecule has 0 unspecified atom stereocenters. The molecule has 0 aromatic rings. The highest BCUT2D eigenvalue weighted by molar-refractivity contribution is 6.74. The molecule has 0 radical (unpaired) electrons. The second kappa shape index (κ2) is 11.9. The predicted molar refractivity (Wildman–Crippen MR) is 158 cm³/mol. The van der Waals surface area contributed by atoms with Gasteiger partial charge in [0.1, 0.15) is 12.2 Å². The van der Waals surface area contributed by atoms with Crippen LogP contribution in [0.25, 0.3) is 0 Å². The van der Waals surface area contributed by atoms with Crippen molar-refractivity contribution in [2.24, 2.45) is 29.1 Å². The molecule has 3 rings (SSSR count). The maximum absolute atomic E-state index is 13.2. The van der Waals surface area contributed by atoms with E-state index < -0.39 is 19.3 Å². The largest absolute Gasteiger partial charge is 0.462 e. The molecule has 226 valence electrons. The van der Waals surface area contributed by atoms with E-state index in [9.17, 15) is 14.7 Å². The van der Waals surface area contributed by atoms with E-state index in [1.54, 1.807) is 0 Å². The second-order valence-electron chi connectivity index (χ2n) is 15.1. The first kappa shape index (κ1) is 32.9. The van der Waals surface area contributed by atoms with Gasteiger partial charge in [0.15, 0.2) is 8.32 Å². The van der Waals surface area contributed by atoms with Gasteiger partial charge in [-0.3, -0.25) is 9.59 Å². The Morgan fingerprint density at radius 1 is 1.13 bits per heavy atom. The Morgan fingerprint density at radius 2 is 1.77 bits per heavy atom. The van der Waals surface area contributed by atoms with Crippen LogP contribution in [0.4, 0.5) is 0 Å². The lowest BCUT2D eigenvalue weighted by molar-refractivity contribution is -0.200. The van der Waals surface area contributed by atoms with Crippen LogP contribution >= 0.6 is 11.6 Å². The minimum absolute atomic E-state index is 0.0389. The third kappa shape index (κ3) is 7.06. The van der Waals surface area contributed by atoms with E-state index in [2.05, 4.69) is 47.7 Å². The molecule has 0 aromatic heterocycles. The monoisotopic (exact) mass is 586 g/mol. The molecule has 6 nitrogen and oxygen atoms in total.